The Labute approximate surface area is 121 Å². The molecule has 0 aliphatic carbocycles. The zero-order chi connectivity index (χ0) is 15.2. The zero-order valence-corrected chi connectivity index (χ0v) is 11.9. The predicted octanol–water partition coefficient (Wildman–Crippen LogP) is 0.229. The number of nitrogens with one attached hydrogen (secondary N) is 2. The van der Waals surface area contributed by atoms with E-state index in [-0.39, 0.29) is 0 Å². The van der Waals surface area contributed by atoms with E-state index in [1.165, 1.54) is 0 Å². The van der Waals surface area contributed by atoms with E-state index in [0.717, 1.165) is 13.0 Å². The van der Waals surface area contributed by atoms with Gasteiger partial charge in [0.2, 0.25) is 0 Å². The second kappa shape index (κ2) is 6.80. The van der Waals surface area contributed by atoms with Crippen molar-refractivity contribution in [3.63, 3.8) is 0 Å². The summed E-state index contributed by atoms with van der Waals surface area (Å²) in [6, 6.07) is 5.02. The molecule has 1 aromatic heterocycles. The van der Waals surface area contributed by atoms with E-state index in [1.807, 2.05) is 19.0 Å². The topological polar surface area (TPSA) is 100 Å². The van der Waals surface area contributed by atoms with Crippen LogP contribution in [-0.2, 0) is 9.59 Å². The molecule has 0 radical (unpaired) electrons. The Bertz CT molecular complexity index is 638. The average Bonchev–Trinajstić information content (AvgIpc) is 2.92. The third-order valence-electron chi connectivity index (χ3n) is 2.81. The third-order valence-corrected chi connectivity index (χ3v) is 2.81. The molecule has 1 aromatic carbocycles. The summed E-state index contributed by atoms with van der Waals surface area (Å²) >= 11 is 0. The van der Waals surface area contributed by atoms with Gasteiger partial charge in [-0.2, -0.15) is 0 Å². The molecule has 2 rings (SSSR count). The Morgan fingerprint density at radius 2 is 2.05 bits per heavy atom. The van der Waals surface area contributed by atoms with Crippen LogP contribution in [0.4, 0.5) is 5.69 Å². The van der Waals surface area contributed by atoms with Gasteiger partial charge >= 0.3 is 11.8 Å². The molecule has 2 N–H and O–H groups in total. The molecule has 0 bridgehead atoms. The van der Waals surface area contributed by atoms with E-state index in [1.54, 1.807) is 18.2 Å². The van der Waals surface area contributed by atoms with Crippen LogP contribution in [0.25, 0.3) is 11.0 Å². The summed E-state index contributed by atoms with van der Waals surface area (Å²) in [5, 5.41) is 12.4. The highest BCUT2D eigenvalue weighted by Gasteiger charge is 2.15. The van der Waals surface area contributed by atoms with Gasteiger partial charge in [-0.3, -0.25) is 9.59 Å². The molecule has 0 atom stereocenters. The number of rotatable bonds is 5. The van der Waals surface area contributed by atoms with Crippen LogP contribution in [0, 0.1) is 0 Å². The molecule has 0 spiro atoms. The van der Waals surface area contributed by atoms with Crippen molar-refractivity contribution in [3.8, 4) is 0 Å². The van der Waals surface area contributed by atoms with Crippen LogP contribution in [0.15, 0.2) is 22.8 Å². The Morgan fingerprint density at radius 3 is 2.81 bits per heavy atom. The quantitative estimate of drug-likeness (QED) is 0.604. The van der Waals surface area contributed by atoms with E-state index in [0.29, 0.717) is 23.3 Å². The van der Waals surface area contributed by atoms with Crippen LogP contribution >= 0.6 is 0 Å². The summed E-state index contributed by atoms with van der Waals surface area (Å²) in [7, 11) is 3.89. The van der Waals surface area contributed by atoms with Crippen molar-refractivity contribution < 1.29 is 14.2 Å². The average molecular weight is 291 g/mol. The largest absolute Gasteiger partial charge is 0.348 e. The second-order valence-corrected chi connectivity index (χ2v) is 4.80. The van der Waals surface area contributed by atoms with Crippen molar-refractivity contribution in [2.24, 2.45) is 0 Å². The van der Waals surface area contributed by atoms with Crippen molar-refractivity contribution in [1.29, 1.82) is 0 Å². The lowest BCUT2D eigenvalue weighted by atomic mass is 10.2. The number of hydrogen-bond acceptors (Lipinski definition) is 6. The third kappa shape index (κ3) is 3.99. The maximum Gasteiger partial charge on any atom is 0.313 e. The van der Waals surface area contributed by atoms with Gasteiger partial charge in [0.1, 0.15) is 5.52 Å². The lowest BCUT2D eigenvalue weighted by Crippen LogP contribution is -2.36. The molecule has 8 nitrogen and oxygen atoms in total. The molecule has 2 aromatic rings. The maximum atomic E-state index is 11.8. The van der Waals surface area contributed by atoms with Crippen LogP contribution in [0.3, 0.4) is 0 Å². The van der Waals surface area contributed by atoms with Gasteiger partial charge in [-0.25, -0.2) is 4.63 Å². The highest BCUT2D eigenvalue weighted by Crippen LogP contribution is 2.19. The molecule has 0 aliphatic heterocycles. The fourth-order valence-electron chi connectivity index (χ4n) is 1.76. The Hall–Kier alpha value is -2.48. The minimum Gasteiger partial charge on any atom is -0.348 e. The minimum atomic E-state index is -0.740. The van der Waals surface area contributed by atoms with Gasteiger partial charge in [0.05, 0.1) is 5.69 Å². The van der Waals surface area contributed by atoms with Crippen LogP contribution in [-0.4, -0.2) is 54.2 Å². The monoisotopic (exact) mass is 291 g/mol. The van der Waals surface area contributed by atoms with Gasteiger partial charge in [-0.15, -0.1) is 0 Å². The number of anilines is 1. The van der Waals surface area contributed by atoms with Crippen LogP contribution in [0.5, 0.6) is 0 Å². The number of nitrogens with zero attached hydrogens (tertiary/aromatic N) is 3. The maximum absolute atomic E-state index is 11.8. The molecule has 0 saturated carbocycles. The lowest BCUT2D eigenvalue weighted by Gasteiger charge is -2.10. The number of aromatic nitrogens is 2. The smallest absolute Gasteiger partial charge is 0.313 e. The van der Waals surface area contributed by atoms with Crippen molar-refractivity contribution in [2.45, 2.75) is 6.42 Å². The molecule has 0 aliphatic rings. The fraction of sp³-hybridized carbons (Fsp3) is 0.385. The minimum absolute atomic E-state index is 0.391. The summed E-state index contributed by atoms with van der Waals surface area (Å²) in [6.07, 6.45) is 0.773. The molecule has 0 saturated heterocycles. The number of carbonyl (C=O) groups excluding carboxylic acids is 2. The van der Waals surface area contributed by atoms with E-state index in [4.69, 9.17) is 0 Å². The van der Waals surface area contributed by atoms with Gasteiger partial charge in [0, 0.05) is 6.54 Å². The highest BCUT2D eigenvalue weighted by atomic mass is 16.6. The van der Waals surface area contributed by atoms with Gasteiger partial charge < -0.3 is 15.5 Å². The molecular formula is C13H17N5O3. The number of benzene rings is 1. The molecule has 0 fully saturated rings. The predicted molar refractivity (Wildman–Crippen MR) is 76.6 cm³/mol. The number of hydrogen-bond donors (Lipinski definition) is 2. The van der Waals surface area contributed by atoms with Crippen LogP contribution in [0.1, 0.15) is 6.42 Å². The summed E-state index contributed by atoms with van der Waals surface area (Å²) in [5.74, 6) is -1.42. The number of amides is 2. The van der Waals surface area contributed by atoms with E-state index >= 15 is 0 Å². The zero-order valence-electron chi connectivity index (χ0n) is 11.9. The molecule has 2 amide bonds. The fourth-order valence-corrected chi connectivity index (χ4v) is 1.76. The van der Waals surface area contributed by atoms with Crippen molar-refractivity contribution >= 4 is 28.5 Å². The second-order valence-electron chi connectivity index (χ2n) is 4.80. The molecule has 1 heterocycles. The van der Waals surface area contributed by atoms with Gasteiger partial charge in [0.15, 0.2) is 5.52 Å². The standard InChI is InChI=1S/C13H17N5O3/c1-18(2)8-4-7-14-12(19)13(20)15-9-5-3-6-10-11(9)17-21-16-10/h3,5-6H,4,7-8H2,1-2H3,(H,14,19)(H,15,20). The first kappa shape index (κ1) is 14.9. The molecule has 112 valence electrons. The van der Waals surface area contributed by atoms with Gasteiger partial charge in [0.25, 0.3) is 0 Å². The summed E-state index contributed by atoms with van der Waals surface area (Å²) < 4.78 is 4.59. The van der Waals surface area contributed by atoms with Crippen molar-refractivity contribution in [2.75, 3.05) is 32.5 Å². The summed E-state index contributed by atoms with van der Waals surface area (Å²) in [6.45, 7) is 1.28. The summed E-state index contributed by atoms with van der Waals surface area (Å²) in [4.78, 5) is 25.5. The first-order valence-electron chi connectivity index (χ1n) is 6.53. The molecule has 0 unspecified atom stereocenters. The van der Waals surface area contributed by atoms with Crippen LogP contribution in [0.2, 0.25) is 0 Å². The number of fused-ring (bicyclic) bond motifs is 1. The number of carbonyl (C=O) groups is 2. The summed E-state index contributed by atoms with van der Waals surface area (Å²) in [5.41, 5.74) is 1.31. The van der Waals surface area contributed by atoms with Gasteiger partial charge in [-0.1, -0.05) is 6.07 Å². The molecule has 8 heteroatoms. The Kier molecular flexibility index (Phi) is 4.83. The van der Waals surface area contributed by atoms with Crippen molar-refractivity contribution in [1.82, 2.24) is 20.5 Å². The normalized spacial score (nSPS) is 10.8. The Morgan fingerprint density at radius 1 is 1.24 bits per heavy atom. The van der Waals surface area contributed by atoms with Gasteiger partial charge in [-0.05, 0) is 49.5 Å². The Balaban J connectivity index is 1.89. The lowest BCUT2D eigenvalue weighted by molar-refractivity contribution is -0.136. The van der Waals surface area contributed by atoms with E-state index < -0.39 is 11.8 Å². The van der Waals surface area contributed by atoms with Crippen LogP contribution < -0.4 is 10.6 Å². The van der Waals surface area contributed by atoms with Crippen molar-refractivity contribution in [3.05, 3.63) is 18.2 Å². The van der Waals surface area contributed by atoms with E-state index in [9.17, 15) is 9.59 Å². The highest BCUT2D eigenvalue weighted by molar-refractivity contribution is 6.40. The molecule has 21 heavy (non-hydrogen) atoms. The SMILES string of the molecule is CN(C)CCCNC(=O)C(=O)Nc1cccc2nonc12. The first-order chi connectivity index (χ1) is 10.1. The van der Waals surface area contributed by atoms with E-state index in [2.05, 4.69) is 25.6 Å². The first-order valence-corrected chi connectivity index (χ1v) is 6.53. The molecular weight excluding hydrogens is 274 g/mol.